The lowest BCUT2D eigenvalue weighted by molar-refractivity contribution is -0.133. The van der Waals surface area contributed by atoms with Gasteiger partial charge >= 0.3 is 5.97 Å². The van der Waals surface area contributed by atoms with Crippen LogP contribution in [0.2, 0.25) is 0 Å². The van der Waals surface area contributed by atoms with Crippen molar-refractivity contribution < 1.29 is 23.1 Å². The molecule has 1 amide bonds. The molecule has 7 nitrogen and oxygen atoms in total. The zero-order valence-electron chi connectivity index (χ0n) is 12.3. The lowest BCUT2D eigenvalue weighted by Crippen LogP contribution is -2.27. The van der Waals surface area contributed by atoms with Gasteiger partial charge in [-0.3, -0.25) is 9.59 Å². The minimum Gasteiger partial charge on any atom is -0.481 e. The van der Waals surface area contributed by atoms with Crippen LogP contribution in [0, 0.1) is 0 Å². The quantitative estimate of drug-likeness (QED) is 0.560. The average molecular weight is 358 g/mol. The summed E-state index contributed by atoms with van der Waals surface area (Å²) in [5.74, 6) is -0.718. The van der Waals surface area contributed by atoms with Gasteiger partial charge in [0.15, 0.2) is 0 Å². The number of rotatable bonds is 9. The van der Waals surface area contributed by atoms with Crippen LogP contribution >= 0.6 is 11.8 Å². The number of amides is 1. The van der Waals surface area contributed by atoms with E-state index in [1.807, 2.05) is 0 Å². The van der Waals surface area contributed by atoms with E-state index in [0.29, 0.717) is 17.9 Å². The zero-order chi connectivity index (χ0) is 16.9. The monoisotopic (exact) mass is 358 g/mol. The molecule has 0 heterocycles. The van der Waals surface area contributed by atoms with Crippen molar-refractivity contribution in [2.24, 2.45) is 0 Å². The van der Waals surface area contributed by atoms with Gasteiger partial charge in [0, 0.05) is 23.9 Å². The summed E-state index contributed by atoms with van der Waals surface area (Å²) < 4.78 is 26.6. The normalized spacial score (nSPS) is 14.4. The molecule has 0 spiro atoms. The van der Waals surface area contributed by atoms with Crippen molar-refractivity contribution in [3.63, 3.8) is 0 Å². The van der Waals surface area contributed by atoms with E-state index in [0.717, 1.165) is 12.8 Å². The minimum atomic E-state index is -3.51. The Morgan fingerprint density at radius 3 is 2.43 bits per heavy atom. The first kappa shape index (κ1) is 17.8. The van der Waals surface area contributed by atoms with Gasteiger partial charge in [-0.2, -0.15) is 0 Å². The SMILES string of the molecule is O=C(O)CSCCNC(=O)c1ccc(S(=O)(=O)NC2CC2)cc1. The molecule has 1 aromatic rings. The summed E-state index contributed by atoms with van der Waals surface area (Å²) >= 11 is 1.21. The highest BCUT2D eigenvalue weighted by Gasteiger charge is 2.27. The number of carbonyl (C=O) groups excluding carboxylic acids is 1. The number of carboxylic acids is 1. The molecule has 0 aliphatic heterocycles. The summed E-state index contributed by atoms with van der Waals surface area (Å²) in [7, 11) is -3.51. The molecule has 23 heavy (non-hydrogen) atoms. The van der Waals surface area contributed by atoms with Gasteiger partial charge in [-0.1, -0.05) is 0 Å². The highest BCUT2D eigenvalue weighted by Crippen LogP contribution is 2.22. The lowest BCUT2D eigenvalue weighted by Gasteiger charge is -2.07. The third-order valence-electron chi connectivity index (χ3n) is 3.08. The van der Waals surface area contributed by atoms with Gasteiger partial charge < -0.3 is 10.4 Å². The molecule has 0 saturated heterocycles. The van der Waals surface area contributed by atoms with E-state index < -0.39 is 16.0 Å². The maximum Gasteiger partial charge on any atom is 0.313 e. The van der Waals surface area contributed by atoms with Crippen molar-refractivity contribution in [3.8, 4) is 0 Å². The van der Waals surface area contributed by atoms with Crippen molar-refractivity contribution in [2.75, 3.05) is 18.1 Å². The third kappa shape index (κ3) is 5.85. The Labute approximate surface area is 138 Å². The Kier molecular flexibility index (Phi) is 6.03. The molecule has 1 aliphatic carbocycles. The topological polar surface area (TPSA) is 113 Å². The summed E-state index contributed by atoms with van der Waals surface area (Å²) in [5, 5.41) is 11.1. The fourth-order valence-corrected chi connectivity index (χ4v) is 3.64. The largest absolute Gasteiger partial charge is 0.481 e. The van der Waals surface area contributed by atoms with Gasteiger partial charge in [0.1, 0.15) is 0 Å². The smallest absolute Gasteiger partial charge is 0.313 e. The van der Waals surface area contributed by atoms with Gasteiger partial charge in [0.05, 0.1) is 10.6 Å². The summed E-state index contributed by atoms with van der Waals surface area (Å²) in [5.41, 5.74) is 0.360. The van der Waals surface area contributed by atoms with E-state index in [9.17, 15) is 18.0 Å². The minimum absolute atomic E-state index is 0.00355. The van der Waals surface area contributed by atoms with E-state index in [1.54, 1.807) is 0 Å². The highest BCUT2D eigenvalue weighted by molar-refractivity contribution is 7.99. The first-order valence-electron chi connectivity index (χ1n) is 7.08. The van der Waals surface area contributed by atoms with Crippen molar-refractivity contribution in [1.29, 1.82) is 0 Å². The number of sulfonamides is 1. The molecule has 3 N–H and O–H groups in total. The molecule has 0 radical (unpaired) electrons. The molecule has 0 aromatic heterocycles. The molecule has 126 valence electrons. The number of nitrogens with one attached hydrogen (secondary N) is 2. The van der Waals surface area contributed by atoms with Crippen molar-refractivity contribution in [2.45, 2.75) is 23.8 Å². The lowest BCUT2D eigenvalue weighted by atomic mass is 10.2. The molecular formula is C14H18N2O5S2. The van der Waals surface area contributed by atoms with E-state index in [-0.39, 0.29) is 22.6 Å². The molecule has 1 aliphatic rings. The average Bonchev–Trinajstić information content (AvgIpc) is 3.30. The van der Waals surface area contributed by atoms with E-state index in [2.05, 4.69) is 10.0 Å². The van der Waals surface area contributed by atoms with Gasteiger partial charge in [-0.25, -0.2) is 13.1 Å². The van der Waals surface area contributed by atoms with Gasteiger partial charge in [0.2, 0.25) is 10.0 Å². The van der Waals surface area contributed by atoms with Crippen LogP contribution in [0.5, 0.6) is 0 Å². The third-order valence-corrected chi connectivity index (χ3v) is 5.56. The van der Waals surface area contributed by atoms with Crippen LogP contribution in [-0.2, 0) is 14.8 Å². The Morgan fingerprint density at radius 1 is 1.22 bits per heavy atom. The summed E-state index contributed by atoms with van der Waals surface area (Å²) in [6.45, 7) is 0.347. The molecule has 2 rings (SSSR count). The summed E-state index contributed by atoms with van der Waals surface area (Å²) in [6, 6.07) is 5.76. The van der Waals surface area contributed by atoms with Crippen LogP contribution in [0.15, 0.2) is 29.2 Å². The Hall–Kier alpha value is -1.58. The summed E-state index contributed by atoms with van der Waals surface area (Å²) in [4.78, 5) is 22.4. The number of carboxylic acid groups (broad SMARTS) is 1. The van der Waals surface area contributed by atoms with E-state index >= 15 is 0 Å². The predicted molar refractivity (Wildman–Crippen MR) is 87.1 cm³/mol. The van der Waals surface area contributed by atoms with Crippen molar-refractivity contribution >= 4 is 33.7 Å². The number of aliphatic carboxylic acids is 1. The first-order valence-corrected chi connectivity index (χ1v) is 9.72. The molecule has 1 saturated carbocycles. The Balaban J connectivity index is 1.83. The number of hydrogen-bond donors (Lipinski definition) is 3. The van der Waals surface area contributed by atoms with Crippen LogP contribution < -0.4 is 10.0 Å². The molecular weight excluding hydrogens is 340 g/mol. The molecule has 0 atom stereocenters. The van der Waals surface area contributed by atoms with Crippen LogP contribution in [0.4, 0.5) is 0 Å². The van der Waals surface area contributed by atoms with Gasteiger partial charge in [-0.15, -0.1) is 11.8 Å². The van der Waals surface area contributed by atoms with Gasteiger partial charge in [-0.05, 0) is 37.1 Å². The van der Waals surface area contributed by atoms with Crippen LogP contribution in [0.25, 0.3) is 0 Å². The van der Waals surface area contributed by atoms with E-state index in [4.69, 9.17) is 5.11 Å². The van der Waals surface area contributed by atoms with Crippen LogP contribution in [-0.4, -0.2) is 49.5 Å². The van der Waals surface area contributed by atoms with Crippen LogP contribution in [0.1, 0.15) is 23.2 Å². The standard InChI is InChI=1S/C14H18N2O5S2/c17-13(18)9-22-8-7-15-14(19)10-1-5-12(6-2-10)23(20,21)16-11-3-4-11/h1-2,5-6,11,16H,3-4,7-9H2,(H,15,19)(H,17,18). The molecule has 1 aromatic carbocycles. The Morgan fingerprint density at radius 2 is 1.87 bits per heavy atom. The number of benzene rings is 1. The zero-order valence-corrected chi connectivity index (χ0v) is 14.0. The molecule has 9 heteroatoms. The maximum atomic E-state index is 12.0. The fraction of sp³-hybridized carbons (Fsp3) is 0.429. The number of hydrogen-bond acceptors (Lipinski definition) is 5. The number of thioether (sulfide) groups is 1. The second-order valence-corrected chi connectivity index (χ2v) is 7.94. The summed E-state index contributed by atoms with van der Waals surface area (Å²) in [6.07, 6.45) is 1.72. The van der Waals surface area contributed by atoms with E-state index in [1.165, 1.54) is 36.0 Å². The highest BCUT2D eigenvalue weighted by atomic mass is 32.2. The first-order chi connectivity index (χ1) is 10.9. The van der Waals surface area contributed by atoms with Gasteiger partial charge in [0.25, 0.3) is 5.91 Å². The van der Waals surface area contributed by atoms with Crippen LogP contribution in [0.3, 0.4) is 0 Å². The molecule has 0 bridgehead atoms. The fourth-order valence-electron chi connectivity index (χ4n) is 1.77. The van der Waals surface area contributed by atoms with Crippen molar-refractivity contribution in [1.82, 2.24) is 10.0 Å². The molecule has 1 fully saturated rings. The van der Waals surface area contributed by atoms with Crippen molar-refractivity contribution in [3.05, 3.63) is 29.8 Å². The maximum absolute atomic E-state index is 12.0. The second kappa shape index (κ2) is 7.80. The Bertz CT molecular complexity index is 669. The molecule has 0 unspecified atom stereocenters. The second-order valence-electron chi connectivity index (χ2n) is 5.12. The number of carbonyl (C=O) groups is 2. The predicted octanol–water partition coefficient (Wildman–Crippen LogP) is 0.675.